The molecule has 0 aliphatic heterocycles. The van der Waals surface area contributed by atoms with Crippen molar-refractivity contribution in [2.75, 3.05) is 0 Å². The third kappa shape index (κ3) is 3.67. The highest BCUT2D eigenvalue weighted by Crippen LogP contribution is 2.20. The molecule has 0 unspecified atom stereocenters. The minimum Gasteiger partial charge on any atom is -0.352 e. The summed E-state index contributed by atoms with van der Waals surface area (Å²) in [4.78, 5) is 11.6. The van der Waals surface area contributed by atoms with Crippen LogP contribution in [0, 0.1) is 0 Å². The molecule has 1 rings (SSSR count). The van der Waals surface area contributed by atoms with Crippen LogP contribution < -0.4 is 5.32 Å². The van der Waals surface area contributed by atoms with Crippen LogP contribution >= 0.6 is 15.9 Å². The number of amides is 1. The van der Waals surface area contributed by atoms with Crippen molar-refractivity contribution in [3.8, 4) is 0 Å². The lowest BCUT2D eigenvalue weighted by molar-refractivity contribution is -0.123. The molecule has 1 aliphatic rings. The average molecular weight is 248 g/mol. The predicted octanol–water partition coefficient (Wildman–Crippen LogP) is 2.61. The average Bonchev–Trinajstić information content (AvgIpc) is 2.04. The third-order valence-corrected chi connectivity index (χ3v) is 2.84. The van der Waals surface area contributed by atoms with E-state index in [0.717, 1.165) is 12.8 Å². The largest absolute Gasteiger partial charge is 0.352 e. The zero-order chi connectivity index (χ0) is 9.90. The van der Waals surface area contributed by atoms with Gasteiger partial charge < -0.3 is 5.32 Å². The molecule has 2 nitrogen and oxygen atoms in total. The molecule has 0 aromatic heterocycles. The highest BCUT2D eigenvalue weighted by Gasteiger charge is 2.26. The van der Waals surface area contributed by atoms with Gasteiger partial charge in [-0.25, -0.2) is 0 Å². The van der Waals surface area contributed by atoms with E-state index < -0.39 is 4.32 Å². The lowest BCUT2D eigenvalue weighted by Gasteiger charge is -2.26. The second-order valence-electron chi connectivity index (χ2n) is 4.28. The summed E-state index contributed by atoms with van der Waals surface area (Å²) in [5, 5.41) is 3.07. The molecule has 1 aliphatic carbocycles. The fourth-order valence-corrected chi connectivity index (χ4v) is 1.72. The molecule has 13 heavy (non-hydrogen) atoms. The minimum absolute atomic E-state index is 0.111. The molecule has 3 heteroatoms. The van der Waals surface area contributed by atoms with Crippen LogP contribution in [0.1, 0.15) is 46.0 Å². The summed E-state index contributed by atoms with van der Waals surface area (Å²) in [5.41, 5.74) is 0. The highest BCUT2D eigenvalue weighted by atomic mass is 79.9. The van der Waals surface area contributed by atoms with Crippen molar-refractivity contribution in [2.24, 2.45) is 0 Å². The predicted molar refractivity (Wildman–Crippen MR) is 58.0 cm³/mol. The molecule has 0 bridgehead atoms. The van der Waals surface area contributed by atoms with Crippen molar-refractivity contribution in [1.82, 2.24) is 5.32 Å². The number of halogens is 1. The topological polar surface area (TPSA) is 29.1 Å². The van der Waals surface area contributed by atoms with Gasteiger partial charge in [0.15, 0.2) is 0 Å². The van der Waals surface area contributed by atoms with E-state index in [0.29, 0.717) is 6.04 Å². The van der Waals surface area contributed by atoms with Crippen LogP contribution in [0.5, 0.6) is 0 Å². The maximum atomic E-state index is 11.6. The summed E-state index contributed by atoms with van der Waals surface area (Å²) in [6, 6.07) is 0.415. The van der Waals surface area contributed by atoms with Crippen LogP contribution in [0.2, 0.25) is 0 Å². The van der Waals surface area contributed by atoms with Gasteiger partial charge in [-0.1, -0.05) is 35.2 Å². The Morgan fingerprint density at radius 1 is 1.31 bits per heavy atom. The highest BCUT2D eigenvalue weighted by molar-refractivity contribution is 9.10. The third-order valence-electron chi connectivity index (χ3n) is 2.48. The van der Waals surface area contributed by atoms with Crippen molar-refractivity contribution in [3.05, 3.63) is 0 Å². The van der Waals surface area contributed by atoms with Gasteiger partial charge in [0.1, 0.15) is 0 Å². The first-order valence-corrected chi connectivity index (χ1v) is 5.79. The number of hydrogen-bond donors (Lipinski definition) is 1. The fraction of sp³-hybridized carbons (Fsp3) is 0.900. The van der Waals surface area contributed by atoms with Crippen LogP contribution in [0.4, 0.5) is 0 Å². The SMILES string of the molecule is CC(C)(Br)C(=O)NC1CCCCC1. The Hall–Kier alpha value is -0.0500. The van der Waals surface area contributed by atoms with Crippen molar-refractivity contribution >= 4 is 21.8 Å². The lowest BCUT2D eigenvalue weighted by atomic mass is 9.95. The molecule has 1 N–H and O–H groups in total. The summed E-state index contributed by atoms with van der Waals surface area (Å²) in [7, 11) is 0. The van der Waals surface area contributed by atoms with E-state index in [-0.39, 0.29) is 5.91 Å². The molecule has 0 aromatic carbocycles. The van der Waals surface area contributed by atoms with Crippen molar-refractivity contribution in [3.63, 3.8) is 0 Å². The Morgan fingerprint density at radius 3 is 2.31 bits per heavy atom. The van der Waals surface area contributed by atoms with E-state index in [1.54, 1.807) is 0 Å². The van der Waals surface area contributed by atoms with Gasteiger partial charge in [0.25, 0.3) is 0 Å². The molecule has 76 valence electrons. The van der Waals surface area contributed by atoms with Crippen molar-refractivity contribution in [2.45, 2.75) is 56.3 Å². The van der Waals surface area contributed by atoms with Crippen LogP contribution in [0.15, 0.2) is 0 Å². The molecule has 1 amide bonds. The van der Waals surface area contributed by atoms with E-state index in [4.69, 9.17) is 0 Å². The number of rotatable bonds is 2. The number of carbonyl (C=O) groups excluding carboxylic acids is 1. The van der Waals surface area contributed by atoms with Gasteiger partial charge in [0, 0.05) is 6.04 Å². The molecule has 0 aromatic rings. The molecular formula is C10H18BrNO. The first-order valence-electron chi connectivity index (χ1n) is 5.00. The molecular weight excluding hydrogens is 230 g/mol. The monoisotopic (exact) mass is 247 g/mol. The van der Waals surface area contributed by atoms with E-state index in [2.05, 4.69) is 21.2 Å². The zero-order valence-corrected chi connectivity index (χ0v) is 9.99. The standard InChI is InChI=1S/C10H18BrNO/c1-10(2,11)9(13)12-8-6-4-3-5-7-8/h8H,3-7H2,1-2H3,(H,12,13). The van der Waals surface area contributed by atoms with E-state index in [9.17, 15) is 4.79 Å². The molecule has 0 atom stereocenters. The summed E-state index contributed by atoms with van der Waals surface area (Å²) < 4.78 is -0.426. The van der Waals surface area contributed by atoms with Crippen LogP contribution in [-0.2, 0) is 4.79 Å². The second-order valence-corrected chi connectivity index (χ2v) is 6.26. The first-order chi connectivity index (χ1) is 6.00. The second kappa shape index (κ2) is 4.45. The van der Waals surface area contributed by atoms with E-state index >= 15 is 0 Å². The van der Waals surface area contributed by atoms with Crippen LogP contribution in [0.25, 0.3) is 0 Å². The molecule has 0 spiro atoms. The maximum absolute atomic E-state index is 11.6. The Balaban J connectivity index is 2.35. The van der Waals surface area contributed by atoms with Gasteiger partial charge in [-0.2, -0.15) is 0 Å². The van der Waals surface area contributed by atoms with Gasteiger partial charge in [0.2, 0.25) is 5.91 Å². The Bertz CT molecular complexity index is 180. The van der Waals surface area contributed by atoms with E-state index in [1.807, 2.05) is 13.8 Å². The van der Waals surface area contributed by atoms with E-state index in [1.165, 1.54) is 19.3 Å². The quantitative estimate of drug-likeness (QED) is 0.748. The maximum Gasteiger partial charge on any atom is 0.236 e. The minimum atomic E-state index is -0.426. The fourth-order valence-electron chi connectivity index (χ4n) is 1.60. The summed E-state index contributed by atoms with van der Waals surface area (Å²) in [6.45, 7) is 3.76. The lowest BCUT2D eigenvalue weighted by Crippen LogP contribution is -2.44. The first kappa shape index (κ1) is 11.0. The Morgan fingerprint density at radius 2 is 1.85 bits per heavy atom. The van der Waals surface area contributed by atoms with Gasteiger partial charge in [-0.05, 0) is 26.7 Å². The molecule has 0 radical (unpaired) electrons. The number of hydrogen-bond acceptors (Lipinski definition) is 1. The van der Waals surface area contributed by atoms with Crippen LogP contribution in [-0.4, -0.2) is 16.3 Å². The molecule has 1 saturated carbocycles. The summed E-state index contributed by atoms with van der Waals surface area (Å²) in [5.74, 6) is 0.111. The number of carbonyl (C=O) groups is 1. The van der Waals surface area contributed by atoms with Gasteiger partial charge in [-0.3, -0.25) is 4.79 Å². The van der Waals surface area contributed by atoms with Gasteiger partial charge >= 0.3 is 0 Å². The Labute approximate surface area is 88.6 Å². The summed E-state index contributed by atoms with van der Waals surface area (Å²) in [6.07, 6.45) is 6.13. The number of nitrogens with one attached hydrogen (secondary N) is 1. The normalized spacial score (nSPS) is 19.9. The van der Waals surface area contributed by atoms with Crippen molar-refractivity contribution < 1.29 is 4.79 Å². The number of alkyl halides is 1. The van der Waals surface area contributed by atoms with Gasteiger partial charge in [-0.15, -0.1) is 0 Å². The van der Waals surface area contributed by atoms with Gasteiger partial charge in [0.05, 0.1) is 4.32 Å². The summed E-state index contributed by atoms with van der Waals surface area (Å²) >= 11 is 3.36. The van der Waals surface area contributed by atoms with Crippen LogP contribution in [0.3, 0.4) is 0 Å². The zero-order valence-electron chi connectivity index (χ0n) is 8.40. The van der Waals surface area contributed by atoms with Crippen molar-refractivity contribution in [1.29, 1.82) is 0 Å². The molecule has 1 fully saturated rings. The smallest absolute Gasteiger partial charge is 0.236 e. The molecule has 0 saturated heterocycles. The Kier molecular flexibility index (Phi) is 3.77. The molecule has 0 heterocycles.